The highest BCUT2D eigenvalue weighted by Crippen LogP contribution is 2.48. The van der Waals surface area contributed by atoms with Crippen LogP contribution in [0.2, 0.25) is 5.02 Å². The molecule has 2 aromatic carbocycles. The number of hydrogen-bond acceptors (Lipinski definition) is 6. The highest BCUT2D eigenvalue weighted by atomic mass is 35.5. The summed E-state index contributed by atoms with van der Waals surface area (Å²) in [5, 5.41) is 10.9. The number of aryl methyl sites for hydroxylation is 1. The van der Waals surface area contributed by atoms with E-state index in [2.05, 4.69) is 21.8 Å². The van der Waals surface area contributed by atoms with Crippen LogP contribution in [0.25, 0.3) is 0 Å². The molecule has 2 aliphatic heterocycles. The van der Waals surface area contributed by atoms with E-state index in [-0.39, 0.29) is 17.3 Å². The molecule has 2 N–H and O–H groups in total. The monoisotopic (exact) mass is 628 g/mol. The molecule has 2 heterocycles. The molecule has 43 heavy (non-hydrogen) atoms. The van der Waals surface area contributed by atoms with E-state index in [1.807, 2.05) is 32.0 Å². The van der Waals surface area contributed by atoms with E-state index in [1.165, 1.54) is 11.1 Å². The lowest BCUT2D eigenvalue weighted by Gasteiger charge is -2.47. The van der Waals surface area contributed by atoms with Crippen molar-refractivity contribution in [1.82, 2.24) is 4.72 Å². The summed E-state index contributed by atoms with van der Waals surface area (Å²) in [6.07, 6.45) is 7.22. The van der Waals surface area contributed by atoms with Crippen LogP contribution in [0, 0.1) is 23.7 Å². The lowest BCUT2D eigenvalue weighted by Crippen LogP contribution is -2.49. The summed E-state index contributed by atoms with van der Waals surface area (Å²) in [5.41, 5.74) is 3.45. The maximum Gasteiger partial charge on any atom is 0.264 e. The molecular formula is C34H45ClN2O5S. The predicted octanol–water partition coefficient (Wildman–Crippen LogP) is 6.10. The first-order valence-corrected chi connectivity index (χ1v) is 17.9. The number of carbonyl (C=O) groups excluding carboxylic acids is 1. The molecule has 1 amide bonds. The Hall–Kier alpha value is -2.29. The zero-order valence-corrected chi connectivity index (χ0v) is 27.1. The van der Waals surface area contributed by atoms with Gasteiger partial charge in [-0.1, -0.05) is 31.0 Å². The lowest BCUT2D eigenvalue weighted by atomic mass is 9.64. The molecule has 2 aromatic rings. The first-order valence-electron chi connectivity index (χ1n) is 16.0. The number of nitrogens with one attached hydrogen (secondary N) is 1. The highest BCUT2D eigenvalue weighted by molar-refractivity contribution is 7.90. The molecule has 4 aliphatic rings. The Labute approximate surface area is 261 Å². The fraction of sp³-hybridized carbons (Fsp3) is 0.618. The Morgan fingerprint density at radius 2 is 1.91 bits per heavy atom. The maximum atomic E-state index is 13.4. The molecule has 6 rings (SSSR count). The number of carbonyl (C=O) groups is 1. The summed E-state index contributed by atoms with van der Waals surface area (Å²) in [6.45, 7) is 7.57. The van der Waals surface area contributed by atoms with Crippen molar-refractivity contribution in [2.75, 3.05) is 24.6 Å². The first kappa shape index (κ1) is 30.7. The topological polar surface area (TPSA) is 95.9 Å². The molecule has 1 spiro atoms. The summed E-state index contributed by atoms with van der Waals surface area (Å²) >= 11 is 6.41. The lowest BCUT2D eigenvalue weighted by molar-refractivity contribution is 0.0112. The molecule has 2 aliphatic carbocycles. The molecule has 0 saturated heterocycles. The van der Waals surface area contributed by atoms with Gasteiger partial charge in [0.15, 0.2) is 0 Å². The zero-order chi connectivity index (χ0) is 30.5. The van der Waals surface area contributed by atoms with Crippen molar-refractivity contribution in [1.29, 1.82) is 0 Å². The van der Waals surface area contributed by atoms with Crippen molar-refractivity contribution in [2.24, 2.45) is 23.7 Å². The number of amides is 1. The van der Waals surface area contributed by atoms with Gasteiger partial charge >= 0.3 is 0 Å². The van der Waals surface area contributed by atoms with Crippen LogP contribution < -0.4 is 14.4 Å². The van der Waals surface area contributed by atoms with Gasteiger partial charge in [0, 0.05) is 29.1 Å². The minimum atomic E-state index is -3.88. The number of nitrogens with zero attached hydrogens (tertiary/aromatic N) is 1. The van der Waals surface area contributed by atoms with Crippen molar-refractivity contribution < 1.29 is 23.1 Å². The zero-order valence-electron chi connectivity index (χ0n) is 25.5. The largest absolute Gasteiger partial charge is 0.490 e. The molecule has 0 aromatic heterocycles. The van der Waals surface area contributed by atoms with Gasteiger partial charge in [-0.15, -0.1) is 0 Å². The second-order valence-electron chi connectivity index (χ2n) is 13.8. The number of hydrogen-bond donors (Lipinski definition) is 2. The first-order chi connectivity index (χ1) is 20.5. The molecule has 2 bridgehead atoms. The van der Waals surface area contributed by atoms with Gasteiger partial charge in [0.25, 0.3) is 5.91 Å². The smallest absolute Gasteiger partial charge is 0.264 e. The Balaban J connectivity index is 1.42. The summed E-state index contributed by atoms with van der Waals surface area (Å²) in [6, 6.07) is 11.5. The maximum absolute atomic E-state index is 13.4. The molecule has 7 nitrogen and oxygen atoms in total. The average molecular weight is 629 g/mol. The number of aliphatic hydroxyl groups is 1. The van der Waals surface area contributed by atoms with Crippen molar-refractivity contribution in [3.8, 4) is 5.75 Å². The van der Waals surface area contributed by atoms with Gasteiger partial charge in [-0.2, -0.15) is 0 Å². The minimum absolute atomic E-state index is 0.120. The summed E-state index contributed by atoms with van der Waals surface area (Å²) in [7, 11) is -3.88. The van der Waals surface area contributed by atoms with Crippen LogP contribution in [-0.2, 0) is 21.9 Å². The Kier molecular flexibility index (Phi) is 8.50. The van der Waals surface area contributed by atoms with Gasteiger partial charge in [0.2, 0.25) is 10.0 Å². The standard InChI is InChI=1S/C34H45ClN2O5S/c1-21-6-4-8-28(22(2)38)29-12-9-26(29)18-37-19-34(15-5-7-24-16-27(35)11-13-30(24)34)20-42-32-14-10-25(17-31(32)37)33(39)36-43(40,41)23(21)3/h10-11,13-14,16-17,21-23,26,28-29,38H,4-9,12,15,18-20H2,1-3H3,(H,36,39)/t21?,22-,23?,26?,28+,29?,34?/m1/s1. The number of halogens is 1. The van der Waals surface area contributed by atoms with Crippen LogP contribution >= 0.6 is 11.6 Å². The van der Waals surface area contributed by atoms with Gasteiger partial charge in [0.05, 0.1) is 23.6 Å². The normalized spacial score (nSPS) is 33.2. The fourth-order valence-corrected chi connectivity index (χ4v) is 9.74. The number of fused-ring (bicyclic) bond motifs is 4. The van der Waals surface area contributed by atoms with Crippen molar-refractivity contribution >= 4 is 33.2 Å². The van der Waals surface area contributed by atoms with Gasteiger partial charge in [0.1, 0.15) is 5.75 Å². The third kappa shape index (κ3) is 5.91. The second kappa shape index (κ2) is 11.9. The van der Waals surface area contributed by atoms with Crippen LogP contribution in [0.3, 0.4) is 0 Å². The minimum Gasteiger partial charge on any atom is -0.490 e. The number of sulfonamides is 1. The SMILES string of the molecule is CC1CCC[C@@H]([C@@H](C)O)C2CCC2CN2CC3(CCCc4cc(Cl)ccc43)COc3ccc(cc32)C(=O)NS(=O)(=O)C1C. The van der Waals surface area contributed by atoms with E-state index in [4.69, 9.17) is 16.3 Å². The summed E-state index contributed by atoms with van der Waals surface area (Å²) < 4.78 is 35.5. The Bertz CT molecular complexity index is 1480. The van der Waals surface area contributed by atoms with Crippen LogP contribution in [0.15, 0.2) is 36.4 Å². The van der Waals surface area contributed by atoms with Crippen LogP contribution in [0.1, 0.15) is 87.2 Å². The number of benzene rings is 2. The Morgan fingerprint density at radius 3 is 2.65 bits per heavy atom. The van der Waals surface area contributed by atoms with Crippen LogP contribution in [-0.4, -0.2) is 50.5 Å². The summed E-state index contributed by atoms with van der Waals surface area (Å²) in [5.74, 6) is 0.968. The van der Waals surface area contributed by atoms with Crippen LogP contribution in [0.5, 0.6) is 5.75 Å². The van der Waals surface area contributed by atoms with E-state index >= 15 is 0 Å². The van der Waals surface area contributed by atoms with Gasteiger partial charge in [-0.25, -0.2) is 13.1 Å². The predicted molar refractivity (Wildman–Crippen MR) is 170 cm³/mol. The van der Waals surface area contributed by atoms with Crippen molar-refractivity contribution in [3.63, 3.8) is 0 Å². The molecule has 0 radical (unpaired) electrons. The van der Waals surface area contributed by atoms with E-state index in [9.17, 15) is 18.3 Å². The van der Waals surface area contributed by atoms with Crippen molar-refractivity contribution in [2.45, 2.75) is 88.9 Å². The molecule has 9 heteroatoms. The van der Waals surface area contributed by atoms with Crippen LogP contribution in [0.4, 0.5) is 5.69 Å². The number of aliphatic hydroxyl groups excluding tert-OH is 1. The summed E-state index contributed by atoms with van der Waals surface area (Å²) in [4.78, 5) is 15.8. The molecule has 1 fully saturated rings. The average Bonchev–Trinajstić information content (AvgIpc) is 3.10. The van der Waals surface area contributed by atoms with Crippen molar-refractivity contribution in [3.05, 3.63) is 58.1 Å². The van der Waals surface area contributed by atoms with E-state index in [1.54, 1.807) is 13.0 Å². The fourth-order valence-electron chi connectivity index (χ4n) is 8.23. The quantitative estimate of drug-likeness (QED) is 0.396. The van der Waals surface area contributed by atoms with E-state index < -0.39 is 27.3 Å². The number of rotatable bonds is 1. The number of anilines is 1. The molecule has 234 valence electrons. The highest BCUT2D eigenvalue weighted by Gasteiger charge is 2.45. The molecule has 1 saturated carbocycles. The van der Waals surface area contributed by atoms with E-state index in [0.29, 0.717) is 29.8 Å². The molecular weight excluding hydrogens is 584 g/mol. The third-order valence-electron chi connectivity index (χ3n) is 11.1. The van der Waals surface area contributed by atoms with E-state index in [0.717, 1.165) is 75.2 Å². The molecule has 5 unspecified atom stereocenters. The second-order valence-corrected chi connectivity index (χ2v) is 16.3. The third-order valence-corrected chi connectivity index (χ3v) is 13.3. The van der Waals surface area contributed by atoms with Gasteiger partial charge < -0.3 is 14.7 Å². The van der Waals surface area contributed by atoms with Gasteiger partial charge in [-0.3, -0.25) is 4.79 Å². The number of ether oxygens (including phenoxy) is 1. The van der Waals surface area contributed by atoms with Gasteiger partial charge in [-0.05, 0) is 124 Å². The Morgan fingerprint density at radius 1 is 1.09 bits per heavy atom. The molecule has 7 atom stereocenters.